The van der Waals surface area contributed by atoms with Crippen molar-refractivity contribution >= 4 is 29.9 Å². The van der Waals surface area contributed by atoms with Gasteiger partial charge in [0.25, 0.3) is 0 Å². The molecule has 0 saturated carbocycles. The van der Waals surface area contributed by atoms with E-state index in [2.05, 4.69) is 49.2 Å². The molecule has 0 bridgehead atoms. The Morgan fingerprint density at radius 2 is 2.21 bits per heavy atom. The first-order valence-electron chi connectivity index (χ1n) is 9.43. The first kappa shape index (κ1) is 22.4. The van der Waals surface area contributed by atoms with Gasteiger partial charge < -0.3 is 15.1 Å². The van der Waals surface area contributed by atoms with Crippen LogP contribution in [0.15, 0.2) is 40.0 Å². The lowest BCUT2D eigenvalue weighted by atomic mass is 10.0. The number of H-pyrrole nitrogens is 1. The highest BCUT2D eigenvalue weighted by atomic mass is 127. The van der Waals surface area contributed by atoms with Crippen molar-refractivity contribution in [2.24, 2.45) is 4.99 Å². The smallest absolute Gasteiger partial charge is 0.216 e. The number of rotatable bonds is 7. The quantitative estimate of drug-likeness (QED) is 0.235. The van der Waals surface area contributed by atoms with Gasteiger partial charge in [-0.15, -0.1) is 24.0 Å². The third kappa shape index (κ3) is 6.62. The first-order chi connectivity index (χ1) is 13.1. The molecule has 1 aliphatic heterocycles. The van der Waals surface area contributed by atoms with Crippen LogP contribution in [0, 0.1) is 0 Å². The Balaban J connectivity index is 0.00000280. The van der Waals surface area contributed by atoms with E-state index in [9.17, 15) is 0 Å². The summed E-state index contributed by atoms with van der Waals surface area (Å²) < 4.78 is 5.31. The molecule has 0 atom stereocenters. The number of aromatic nitrogens is 3. The molecule has 0 aromatic carbocycles. The Labute approximate surface area is 183 Å². The van der Waals surface area contributed by atoms with Crippen molar-refractivity contribution in [2.75, 3.05) is 33.2 Å². The minimum atomic E-state index is 0. The molecule has 8 nitrogen and oxygen atoms in total. The number of aromatic amines is 1. The molecule has 1 saturated heterocycles. The molecular formula is C19H30IN7O. The van der Waals surface area contributed by atoms with Crippen molar-refractivity contribution in [1.82, 2.24) is 30.7 Å². The number of hydrogen-bond acceptors (Lipinski definition) is 5. The number of nitrogens with zero attached hydrogens (tertiary/aromatic N) is 4. The Hall–Kier alpha value is -1.88. The van der Waals surface area contributed by atoms with E-state index in [0.717, 1.165) is 57.2 Å². The number of guanidine groups is 1. The van der Waals surface area contributed by atoms with Gasteiger partial charge in [-0.1, -0.05) is 12.2 Å². The Morgan fingerprint density at radius 3 is 2.86 bits per heavy atom. The van der Waals surface area contributed by atoms with Gasteiger partial charge >= 0.3 is 0 Å². The molecule has 1 fully saturated rings. The highest BCUT2D eigenvalue weighted by Gasteiger charge is 2.19. The van der Waals surface area contributed by atoms with Crippen molar-refractivity contribution in [3.63, 3.8) is 0 Å². The zero-order valence-corrected chi connectivity index (χ0v) is 18.9. The maximum absolute atomic E-state index is 5.31. The molecule has 2 aromatic rings. The van der Waals surface area contributed by atoms with Gasteiger partial charge in [0.05, 0.1) is 6.26 Å². The Bertz CT molecular complexity index is 748. The van der Waals surface area contributed by atoms with Crippen LogP contribution in [0.4, 0.5) is 0 Å². The van der Waals surface area contributed by atoms with Crippen LogP contribution in [-0.4, -0.2) is 65.3 Å². The average molecular weight is 499 g/mol. The molecular weight excluding hydrogens is 469 g/mol. The standard InChI is InChI=1S/C19H29N7O.HI/c1-14(2)13-26-10-7-15(8-11-26)22-19(20-3)21-9-6-17-23-18(25-24-17)16-5-4-12-27-16;/h4-5,12,15H,1,6-11,13H2,2-3H3,(H2,20,21,22)(H,23,24,25);1H. The van der Waals surface area contributed by atoms with Crippen molar-refractivity contribution in [3.8, 4) is 11.6 Å². The van der Waals surface area contributed by atoms with Gasteiger partial charge in [-0.2, -0.15) is 5.10 Å². The van der Waals surface area contributed by atoms with Crippen LogP contribution < -0.4 is 10.6 Å². The fourth-order valence-electron chi connectivity index (χ4n) is 3.23. The fourth-order valence-corrected chi connectivity index (χ4v) is 3.23. The zero-order valence-electron chi connectivity index (χ0n) is 16.6. The lowest BCUT2D eigenvalue weighted by Crippen LogP contribution is -2.49. The highest BCUT2D eigenvalue weighted by Crippen LogP contribution is 2.14. The van der Waals surface area contributed by atoms with Crippen LogP contribution in [0.2, 0.25) is 0 Å². The Kier molecular flexibility index (Phi) is 8.97. The van der Waals surface area contributed by atoms with Crippen LogP contribution in [0.5, 0.6) is 0 Å². The second-order valence-electron chi connectivity index (χ2n) is 6.98. The molecule has 0 amide bonds. The molecule has 3 heterocycles. The van der Waals surface area contributed by atoms with E-state index in [-0.39, 0.29) is 24.0 Å². The number of furan rings is 1. The molecule has 9 heteroatoms. The molecule has 28 heavy (non-hydrogen) atoms. The number of piperidine rings is 1. The van der Waals surface area contributed by atoms with E-state index in [4.69, 9.17) is 4.42 Å². The summed E-state index contributed by atoms with van der Waals surface area (Å²) in [5.41, 5.74) is 1.22. The number of aliphatic imine (C=N–C) groups is 1. The van der Waals surface area contributed by atoms with Crippen molar-refractivity contribution in [1.29, 1.82) is 0 Å². The summed E-state index contributed by atoms with van der Waals surface area (Å²) in [6, 6.07) is 4.12. The molecule has 0 unspecified atom stereocenters. The predicted octanol–water partition coefficient (Wildman–Crippen LogP) is 2.43. The third-order valence-corrected chi connectivity index (χ3v) is 4.57. The van der Waals surface area contributed by atoms with Gasteiger partial charge in [0.2, 0.25) is 5.82 Å². The van der Waals surface area contributed by atoms with Crippen LogP contribution in [0.25, 0.3) is 11.6 Å². The summed E-state index contributed by atoms with van der Waals surface area (Å²) in [6.07, 6.45) is 4.57. The molecule has 0 aliphatic carbocycles. The first-order valence-corrected chi connectivity index (χ1v) is 9.43. The minimum Gasteiger partial charge on any atom is -0.461 e. The normalized spacial score (nSPS) is 15.9. The lowest BCUT2D eigenvalue weighted by Gasteiger charge is -2.33. The van der Waals surface area contributed by atoms with E-state index < -0.39 is 0 Å². The average Bonchev–Trinajstić information content (AvgIpc) is 3.33. The molecule has 3 rings (SSSR count). The SMILES string of the molecule is C=C(C)CN1CCC(NC(=NC)NCCc2nc(-c3ccco3)n[nH]2)CC1.I. The van der Waals surface area contributed by atoms with Gasteiger partial charge in [-0.3, -0.25) is 15.0 Å². The van der Waals surface area contributed by atoms with Gasteiger partial charge in [0, 0.05) is 45.7 Å². The summed E-state index contributed by atoms with van der Waals surface area (Å²) in [4.78, 5) is 11.2. The van der Waals surface area contributed by atoms with Gasteiger partial charge in [0.15, 0.2) is 11.7 Å². The number of nitrogens with one attached hydrogen (secondary N) is 3. The second-order valence-corrected chi connectivity index (χ2v) is 6.98. The van der Waals surface area contributed by atoms with Crippen molar-refractivity contribution in [2.45, 2.75) is 32.2 Å². The van der Waals surface area contributed by atoms with E-state index >= 15 is 0 Å². The monoisotopic (exact) mass is 499 g/mol. The molecule has 154 valence electrons. The summed E-state index contributed by atoms with van der Waals surface area (Å²) in [6.45, 7) is 9.99. The van der Waals surface area contributed by atoms with E-state index in [1.165, 1.54) is 5.57 Å². The van der Waals surface area contributed by atoms with E-state index in [1.807, 2.05) is 12.1 Å². The summed E-state index contributed by atoms with van der Waals surface area (Å²) >= 11 is 0. The van der Waals surface area contributed by atoms with Crippen molar-refractivity contribution in [3.05, 3.63) is 36.4 Å². The summed E-state index contributed by atoms with van der Waals surface area (Å²) in [5, 5.41) is 14.0. The highest BCUT2D eigenvalue weighted by molar-refractivity contribution is 14.0. The predicted molar refractivity (Wildman–Crippen MR) is 122 cm³/mol. The number of hydrogen-bond donors (Lipinski definition) is 3. The molecule has 0 spiro atoms. The summed E-state index contributed by atoms with van der Waals surface area (Å²) in [5.74, 6) is 2.90. The molecule has 1 aliphatic rings. The topological polar surface area (TPSA) is 94.4 Å². The van der Waals surface area contributed by atoms with Crippen LogP contribution >= 0.6 is 24.0 Å². The largest absolute Gasteiger partial charge is 0.461 e. The number of halogens is 1. The molecule has 0 radical (unpaired) electrons. The van der Waals surface area contributed by atoms with E-state index in [1.54, 1.807) is 13.3 Å². The van der Waals surface area contributed by atoms with Gasteiger partial charge in [0.1, 0.15) is 5.82 Å². The van der Waals surface area contributed by atoms with E-state index in [0.29, 0.717) is 17.6 Å². The fraction of sp³-hybridized carbons (Fsp3) is 0.526. The second kappa shape index (κ2) is 11.2. The maximum atomic E-state index is 5.31. The third-order valence-electron chi connectivity index (χ3n) is 4.57. The zero-order chi connectivity index (χ0) is 19.1. The summed E-state index contributed by atoms with van der Waals surface area (Å²) in [7, 11) is 1.80. The minimum absolute atomic E-state index is 0. The Morgan fingerprint density at radius 1 is 1.43 bits per heavy atom. The number of likely N-dealkylation sites (tertiary alicyclic amines) is 1. The van der Waals surface area contributed by atoms with Crippen LogP contribution in [-0.2, 0) is 6.42 Å². The maximum Gasteiger partial charge on any atom is 0.216 e. The van der Waals surface area contributed by atoms with Crippen LogP contribution in [0.3, 0.4) is 0 Å². The van der Waals surface area contributed by atoms with Gasteiger partial charge in [-0.05, 0) is 31.9 Å². The van der Waals surface area contributed by atoms with Gasteiger partial charge in [-0.25, -0.2) is 4.98 Å². The van der Waals surface area contributed by atoms with Crippen LogP contribution in [0.1, 0.15) is 25.6 Å². The van der Waals surface area contributed by atoms with Crippen molar-refractivity contribution < 1.29 is 4.42 Å². The molecule has 3 N–H and O–H groups in total. The lowest BCUT2D eigenvalue weighted by molar-refractivity contribution is 0.221. The molecule has 2 aromatic heterocycles.